The summed E-state index contributed by atoms with van der Waals surface area (Å²) >= 11 is 7.99. The van der Waals surface area contributed by atoms with E-state index in [0.717, 1.165) is 0 Å². The van der Waals surface area contributed by atoms with Gasteiger partial charge in [0.15, 0.2) is 0 Å². The molecule has 1 N–H and O–H groups in total. The molecule has 0 aliphatic rings. The summed E-state index contributed by atoms with van der Waals surface area (Å²) in [5, 5.41) is 2.52. The van der Waals surface area contributed by atoms with Crippen molar-refractivity contribution in [2.75, 3.05) is 51.1 Å². The van der Waals surface area contributed by atoms with Crippen molar-refractivity contribution >= 4 is 37.3 Å². The second kappa shape index (κ2) is 16.2. The van der Waals surface area contributed by atoms with Crippen LogP contribution < -0.4 is 5.32 Å². The number of amides is 1. The Balaban J connectivity index is 3.38. The van der Waals surface area contributed by atoms with Gasteiger partial charge in [-0.1, -0.05) is 0 Å². The van der Waals surface area contributed by atoms with Crippen molar-refractivity contribution in [3.8, 4) is 0 Å². The van der Waals surface area contributed by atoms with E-state index in [9.17, 15) is 9.59 Å². The number of alkyl carbamates (subject to hydrolysis) is 1. The van der Waals surface area contributed by atoms with Crippen LogP contribution in [0.15, 0.2) is 0 Å². The summed E-state index contributed by atoms with van der Waals surface area (Å²) in [6, 6.07) is 0. The van der Waals surface area contributed by atoms with Gasteiger partial charge >= 0.3 is 12.1 Å². The molecular weight excluding hydrogens is 342 g/mol. The number of nitrogens with one attached hydrogen (secondary N) is 1. The van der Waals surface area contributed by atoms with E-state index < -0.39 is 6.09 Å². The normalized spacial score (nSPS) is 11.8. The molecule has 0 aromatic carbocycles. The minimum absolute atomic E-state index is 0.135. The monoisotopic (exact) mass is 369 g/mol. The number of thiol groups is 2. The predicted molar refractivity (Wildman–Crippen MR) is 93.5 cm³/mol. The lowest BCUT2D eigenvalue weighted by Gasteiger charge is -2.13. The van der Waals surface area contributed by atoms with Crippen LogP contribution in [0.3, 0.4) is 0 Å². The molecule has 0 rings (SSSR count). The van der Waals surface area contributed by atoms with E-state index in [1.807, 2.05) is 6.92 Å². The Hall–Kier alpha value is -0.640. The van der Waals surface area contributed by atoms with Gasteiger partial charge in [0, 0.05) is 18.7 Å². The van der Waals surface area contributed by atoms with Crippen LogP contribution in [-0.2, 0) is 23.7 Å². The number of hydrogen-bond donors (Lipinski definition) is 3. The standard InChI is InChI=1S/C14H27NO6S2/c1-12(19-7-8-20-13(16)3-2-9-22)11-18-5-6-21-14(17)15-4-10-23/h12,22-23H,2-11H2,1H3,(H,15,17). The zero-order chi connectivity index (χ0) is 17.3. The molecule has 0 aromatic heterocycles. The summed E-state index contributed by atoms with van der Waals surface area (Å²) in [5.41, 5.74) is 0. The van der Waals surface area contributed by atoms with E-state index in [1.54, 1.807) is 0 Å². The fraction of sp³-hybridized carbons (Fsp3) is 0.857. The Labute approximate surface area is 148 Å². The fourth-order valence-corrected chi connectivity index (χ4v) is 1.67. The molecular formula is C14H27NO6S2. The first-order valence-electron chi connectivity index (χ1n) is 7.57. The first-order chi connectivity index (χ1) is 11.1. The molecule has 1 atom stereocenters. The second-order valence-corrected chi connectivity index (χ2v) is 5.48. The Morgan fingerprint density at radius 3 is 2.48 bits per heavy atom. The van der Waals surface area contributed by atoms with Gasteiger partial charge in [-0.05, 0) is 19.1 Å². The van der Waals surface area contributed by atoms with Crippen LogP contribution in [0.25, 0.3) is 0 Å². The van der Waals surface area contributed by atoms with Crippen molar-refractivity contribution in [3.05, 3.63) is 0 Å². The van der Waals surface area contributed by atoms with Crippen LogP contribution in [0.4, 0.5) is 4.79 Å². The number of hydrogen-bond acceptors (Lipinski definition) is 8. The molecule has 1 unspecified atom stereocenters. The van der Waals surface area contributed by atoms with Crippen LogP contribution in [-0.4, -0.2) is 69.3 Å². The third-order valence-corrected chi connectivity index (χ3v) is 3.02. The maximum atomic E-state index is 11.2. The molecule has 0 fully saturated rings. The third-order valence-electron chi connectivity index (χ3n) is 2.48. The van der Waals surface area contributed by atoms with Crippen LogP contribution >= 0.6 is 25.3 Å². The van der Waals surface area contributed by atoms with Gasteiger partial charge in [-0.3, -0.25) is 4.79 Å². The van der Waals surface area contributed by atoms with Crippen LogP contribution in [0.5, 0.6) is 0 Å². The number of rotatable bonds is 14. The summed E-state index contributed by atoms with van der Waals surface area (Å²) in [4.78, 5) is 22.3. The Morgan fingerprint density at radius 1 is 1.04 bits per heavy atom. The van der Waals surface area contributed by atoms with E-state index in [-0.39, 0.29) is 25.3 Å². The molecule has 9 heteroatoms. The summed E-state index contributed by atoms with van der Waals surface area (Å²) in [7, 11) is 0. The van der Waals surface area contributed by atoms with Crippen molar-refractivity contribution in [3.63, 3.8) is 0 Å². The average Bonchev–Trinajstić information content (AvgIpc) is 2.54. The number of carbonyl (C=O) groups is 2. The summed E-state index contributed by atoms with van der Waals surface area (Å²) in [6.07, 6.45) is 0.474. The minimum atomic E-state index is -0.480. The minimum Gasteiger partial charge on any atom is -0.463 e. The predicted octanol–water partition coefficient (Wildman–Crippen LogP) is 1.32. The van der Waals surface area contributed by atoms with Gasteiger partial charge in [0.05, 0.1) is 25.9 Å². The number of ether oxygens (including phenoxy) is 4. The molecule has 0 spiro atoms. The SMILES string of the molecule is CC(COCCOC(=O)NCCS)OCCOC(=O)CCCS. The maximum Gasteiger partial charge on any atom is 0.407 e. The first kappa shape index (κ1) is 22.4. The molecule has 136 valence electrons. The molecule has 1 amide bonds. The van der Waals surface area contributed by atoms with Crippen molar-refractivity contribution in [1.82, 2.24) is 5.32 Å². The van der Waals surface area contributed by atoms with Crippen LogP contribution in [0.1, 0.15) is 19.8 Å². The molecule has 7 nitrogen and oxygen atoms in total. The molecule has 0 aromatic rings. The van der Waals surface area contributed by atoms with E-state index in [2.05, 4.69) is 30.6 Å². The number of esters is 1. The smallest absolute Gasteiger partial charge is 0.407 e. The zero-order valence-electron chi connectivity index (χ0n) is 13.5. The van der Waals surface area contributed by atoms with Crippen molar-refractivity contribution < 1.29 is 28.5 Å². The lowest BCUT2D eigenvalue weighted by molar-refractivity contribution is -0.146. The topological polar surface area (TPSA) is 83.1 Å². The van der Waals surface area contributed by atoms with Gasteiger partial charge in [0.2, 0.25) is 0 Å². The van der Waals surface area contributed by atoms with Crippen LogP contribution in [0.2, 0.25) is 0 Å². The Bertz CT molecular complexity index is 320. The van der Waals surface area contributed by atoms with Gasteiger partial charge in [0.1, 0.15) is 13.2 Å². The van der Waals surface area contributed by atoms with E-state index in [0.29, 0.717) is 50.7 Å². The first-order valence-corrected chi connectivity index (χ1v) is 8.84. The highest BCUT2D eigenvalue weighted by atomic mass is 32.1. The molecule has 0 saturated heterocycles. The molecule has 0 radical (unpaired) electrons. The fourth-order valence-electron chi connectivity index (χ4n) is 1.40. The Morgan fingerprint density at radius 2 is 1.78 bits per heavy atom. The highest BCUT2D eigenvalue weighted by molar-refractivity contribution is 7.80. The second-order valence-electron chi connectivity index (χ2n) is 4.59. The van der Waals surface area contributed by atoms with Gasteiger partial charge in [-0.25, -0.2) is 4.79 Å². The maximum absolute atomic E-state index is 11.2. The molecule has 0 heterocycles. The van der Waals surface area contributed by atoms with Crippen LogP contribution in [0, 0.1) is 0 Å². The van der Waals surface area contributed by atoms with E-state index >= 15 is 0 Å². The van der Waals surface area contributed by atoms with Gasteiger partial charge in [0.25, 0.3) is 0 Å². The molecule has 0 aliphatic carbocycles. The molecule has 0 saturated carbocycles. The highest BCUT2D eigenvalue weighted by Gasteiger charge is 2.05. The van der Waals surface area contributed by atoms with E-state index in [4.69, 9.17) is 18.9 Å². The summed E-state index contributed by atoms with van der Waals surface area (Å²) in [6.45, 7) is 3.70. The molecule has 0 bridgehead atoms. The van der Waals surface area contributed by atoms with E-state index in [1.165, 1.54) is 0 Å². The highest BCUT2D eigenvalue weighted by Crippen LogP contribution is 1.96. The lowest BCUT2D eigenvalue weighted by Crippen LogP contribution is -2.27. The third kappa shape index (κ3) is 16.0. The molecule has 23 heavy (non-hydrogen) atoms. The number of carbonyl (C=O) groups excluding carboxylic acids is 2. The van der Waals surface area contributed by atoms with Crippen molar-refractivity contribution in [1.29, 1.82) is 0 Å². The largest absolute Gasteiger partial charge is 0.463 e. The van der Waals surface area contributed by atoms with Crippen molar-refractivity contribution in [2.24, 2.45) is 0 Å². The van der Waals surface area contributed by atoms with Gasteiger partial charge in [-0.2, -0.15) is 25.3 Å². The summed E-state index contributed by atoms with van der Waals surface area (Å²) in [5.74, 6) is 0.991. The quantitative estimate of drug-likeness (QED) is 0.243. The van der Waals surface area contributed by atoms with Crippen molar-refractivity contribution in [2.45, 2.75) is 25.9 Å². The Kier molecular flexibility index (Phi) is 15.8. The average molecular weight is 370 g/mol. The molecule has 0 aliphatic heterocycles. The van der Waals surface area contributed by atoms with Gasteiger partial charge in [-0.15, -0.1) is 0 Å². The zero-order valence-corrected chi connectivity index (χ0v) is 15.3. The summed E-state index contributed by atoms with van der Waals surface area (Å²) < 4.78 is 20.6. The van der Waals surface area contributed by atoms with Gasteiger partial charge < -0.3 is 24.3 Å². The lowest BCUT2D eigenvalue weighted by atomic mass is 10.3.